The zero-order chi connectivity index (χ0) is 22.1. The molecule has 0 amide bonds. The van der Waals surface area contributed by atoms with Crippen molar-refractivity contribution in [3.05, 3.63) is 47.7 Å². The predicted octanol–water partition coefficient (Wildman–Crippen LogP) is 2.01. The molecule has 10 heteroatoms. The molecule has 2 heterocycles. The zero-order valence-electron chi connectivity index (χ0n) is 18.2. The lowest BCUT2D eigenvalue weighted by molar-refractivity contribution is 0.311. The maximum absolute atomic E-state index is 12.4. The smallest absolute Gasteiger partial charge is 0.227 e. The summed E-state index contributed by atoms with van der Waals surface area (Å²) in [5, 5.41) is 3.24. The van der Waals surface area contributed by atoms with E-state index in [1.807, 2.05) is 36.5 Å². The second-order valence-corrected chi connectivity index (χ2v) is 10.7. The van der Waals surface area contributed by atoms with E-state index >= 15 is 0 Å². The van der Waals surface area contributed by atoms with Crippen LogP contribution in [-0.4, -0.2) is 74.6 Å². The molecule has 0 unspecified atom stereocenters. The van der Waals surface area contributed by atoms with Crippen LogP contribution in [0.25, 0.3) is 0 Å². The Bertz CT molecular complexity index is 919. The summed E-state index contributed by atoms with van der Waals surface area (Å²) in [6.45, 7) is 6.42. The van der Waals surface area contributed by atoms with Gasteiger partial charge in [0.2, 0.25) is 16.0 Å². The molecule has 1 aromatic heterocycles. The summed E-state index contributed by atoms with van der Waals surface area (Å²) in [7, 11) is -1.28. The fourth-order valence-electron chi connectivity index (χ4n) is 3.19. The highest BCUT2D eigenvalue weighted by Crippen LogP contribution is 2.22. The van der Waals surface area contributed by atoms with Crippen molar-refractivity contribution in [2.24, 2.45) is 0 Å². The number of sulfonamides is 1. The van der Waals surface area contributed by atoms with Gasteiger partial charge in [0.1, 0.15) is 5.82 Å². The zero-order valence-corrected chi connectivity index (χ0v) is 19.9. The van der Waals surface area contributed by atoms with E-state index in [9.17, 15) is 8.42 Å². The maximum Gasteiger partial charge on any atom is 0.227 e. The number of likely N-dealkylation sites (N-methyl/N-ethyl adjacent to an activating group) is 1. The molecule has 0 bridgehead atoms. The first-order valence-electron chi connectivity index (χ1n) is 10.6. The third kappa shape index (κ3) is 7.64. The minimum Gasteiger partial charge on any atom is -0.369 e. The number of thioether (sulfide) groups is 1. The van der Waals surface area contributed by atoms with Crippen molar-refractivity contribution in [1.82, 2.24) is 19.6 Å². The Labute approximate surface area is 189 Å². The van der Waals surface area contributed by atoms with Crippen LogP contribution in [0.15, 0.2) is 36.5 Å². The number of piperazine rings is 1. The highest BCUT2D eigenvalue weighted by molar-refractivity contribution is 7.98. The van der Waals surface area contributed by atoms with E-state index in [0.717, 1.165) is 54.6 Å². The van der Waals surface area contributed by atoms with Gasteiger partial charge in [-0.2, -0.15) is 16.7 Å². The molecule has 1 aliphatic rings. The van der Waals surface area contributed by atoms with Crippen LogP contribution in [0.3, 0.4) is 0 Å². The molecule has 8 nitrogen and oxygen atoms in total. The molecule has 170 valence electrons. The molecule has 1 aliphatic heterocycles. The van der Waals surface area contributed by atoms with Gasteiger partial charge in [0.25, 0.3) is 0 Å². The van der Waals surface area contributed by atoms with Crippen LogP contribution >= 0.6 is 11.8 Å². The Balaban J connectivity index is 1.60. The summed E-state index contributed by atoms with van der Waals surface area (Å²) in [5.41, 5.74) is 1.94. The van der Waals surface area contributed by atoms with Gasteiger partial charge in [0.05, 0.1) is 5.75 Å². The molecule has 1 saturated heterocycles. The Morgan fingerprint density at radius 3 is 2.58 bits per heavy atom. The fraction of sp³-hybridized carbons (Fsp3) is 0.524. The van der Waals surface area contributed by atoms with Gasteiger partial charge in [-0.1, -0.05) is 37.3 Å². The van der Waals surface area contributed by atoms with Crippen LogP contribution in [0.2, 0.25) is 0 Å². The van der Waals surface area contributed by atoms with Gasteiger partial charge < -0.3 is 15.1 Å². The monoisotopic (exact) mass is 464 g/mol. The lowest BCUT2D eigenvalue weighted by atomic mass is 10.2. The van der Waals surface area contributed by atoms with Crippen molar-refractivity contribution in [2.75, 3.05) is 61.5 Å². The summed E-state index contributed by atoms with van der Waals surface area (Å²) < 4.78 is 27.5. The molecule has 0 aliphatic carbocycles. The number of nitrogens with zero attached hydrogens (tertiary/aromatic N) is 4. The first-order chi connectivity index (χ1) is 15.0. The third-order valence-corrected chi connectivity index (χ3v) is 7.35. The second kappa shape index (κ2) is 11.7. The Morgan fingerprint density at radius 1 is 1.13 bits per heavy atom. The summed E-state index contributed by atoms with van der Waals surface area (Å²) in [4.78, 5) is 13.8. The number of anilines is 2. The van der Waals surface area contributed by atoms with Crippen LogP contribution in [-0.2, 0) is 22.3 Å². The standard InChI is InChI=1S/C21H32N6O2S2/c1-3-30-17-19-16-23-21(27-12-10-26(2)11-13-27)25-20(19)22-9-14-31(28,29)24-15-18-7-5-4-6-8-18/h4-8,16,24H,3,9-15,17H2,1-2H3,(H,22,23,25). The minimum atomic E-state index is -3.39. The van der Waals surface area contributed by atoms with Crippen molar-refractivity contribution < 1.29 is 8.42 Å². The summed E-state index contributed by atoms with van der Waals surface area (Å²) >= 11 is 1.79. The van der Waals surface area contributed by atoms with Gasteiger partial charge in [0, 0.05) is 56.8 Å². The van der Waals surface area contributed by atoms with Crippen LogP contribution in [0.5, 0.6) is 0 Å². The molecule has 1 fully saturated rings. The van der Waals surface area contributed by atoms with Gasteiger partial charge in [-0.15, -0.1) is 0 Å². The van der Waals surface area contributed by atoms with E-state index in [4.69, 9.17) is 4.98 Å². The van der Waals surface area contributed by atoms with Crippen molar-refractivity contribution >= 4 is 33.6 Å². The van der Waals surface area contributed by atoms with Gasteiger partial charge in [0.15, 0.2) is 0 Å². The molecule has 31 heavy (non-hydrogen) atoms. The van der Waals surface area contributed by atoms with Crippen molar-refractivity contribution in [2.45, 2.75) is 19.2 Å². The molecule has 0 spiro atoms. The van der Waals surface area contributed by atoms with Crippen molar-refractivity contribution in [3.63, 3.8) is 0 Å². The van der Waals surface area contributed by atoms with Crippen LogP contribution in [0.4, 0.5) is 11.8 Å². The van der Waals surface area contributed by atoms with Crippen molar-refractivity contribution in [3.8, 4) is 0 Å². The Kier molecular flexibility index (Phi) is 8.94. The number of benzene rings is 1. The lowest BCUT2D eigenvalue weighted by Gasteiger charge is -2.32. The number of nitrogens with one attached hydrogen (secondary N) is 2. The summed E-state index contributed by atoms with van der Waals surface area (Å²) in [5.74, 6) is 3.20. The molecular weight excluding hydrogens is 432 g/mol. The first-order valence-corrected chi connectivity index (χ1v) is 13.4. The van der Waals surface area contributed by atoms with E-state index < -0.39 is 10.0 Å². The van der Waals surface area contributed by atoms with Gasteiger partial charge in [-0.25, -0.2) is 18.1 Å². The molecule has 0 atom stereocenters. The molecular formula is C21H32N6O2S2. The van der Waals surface area contributed by atoms with Gasteiger partial charge >= 0.3 is 0 Å². The molecule has 1 aromatic carbocycles. The lowest BCUT2D eigenvalue weighted by Crippen LogP contribution is -2.45. The van der Waals surface area contributed by atoms with Crippen LogP contribution < -0.4 is 14.9 Å². The summed E-state index contributed by atoms with van der Waals surface area (Å²) in [6.07, 6.45) is 1.87. The van der Waals surface area contributed by atoms with Crippen LogP contribution in [0, 0.1) is 0 Å². The number of rotatable bonds is 11. The van der Waals surface area contributed by atoms with E-state index in [2.05, 4.69) is 38.8 Å². The number of hydrogen-bond donors (Lipinski definition) is 2. The normalized spacial score (nSPS) is 15.2. The Hall–Kier alpha value is -1.88. The topological polar surface area (TPSA) is 90.5 Å². The van der Waals surface area contributed by atoms with Crippen molar-refractivity contribution in [1.29, 1.82) is 0 Å². The second-order valence-electron chi connectivity index (χ2n) is 7.52. The quantitative estimate of drug-likeness (QED) is 0.522. The molecule has 2 aromatic rings. The van der Waals surface area contributed by atoms with Crippen LogP contribution in [0.1, 0.15) is 18.1 Å². The van der Waals surface area contributed by atoms with Gasteiger partial charge in [-0.05, 0) is 18.4 Å². The Morgan fingerprint density at radius 2 is 1.87 bits per heavy atom. The molecule has 2 N–H and O–H groups in total. The number of hydrogen-bond acceptors (Lipinski definition) is 8. The minimum absolute atomic E-state index is 0.0198. The average Bonchev–Trinajstić information content (AvgIpc) is 2.78. The maximum atomic E-state index is 12.4. The van der Waals surface area contributed by atoms with E-state index in [-0.39, 0.29) is 12.3 Å². The third-order valence-electron chi connectivity index (χ3n) is 5.10. The largest absolute Gasteiger partial charge is 0.369 e. The fourth-order valence-corrected chi connectivity index (χ4v) is 4.73. The molecule has 0 radical (unpaired) electrons. The first kappa shape index (κ1) is 23.8. The highest BCUT2D eigenvalue weighted by Gasteiger charge is 2.18. The summed E-state index contributed by atoms with van der Waals surface area (Å²) in [6, 6.07) is 9.51. The van der Waals surface area contributed by atoms with Gasteiger partial charge in [-0.3, -0.25) is 0 Å². The van der Waals surface area contributed by atoms with E-state index in [0.29, 0.717) is 12.5 Å². The SMILES string of the molecule is CCSCc1cnc(N2CCN(C)CC2)nc1NCCS(=O)(=O)NCc1ccccc1. The van der Waals surface area contributed by atoms with E-state index in [1.54, 1.807) is 11.8 Å². The highest BCUT2D eigenvalue weighted by atomic mass is 32.2. The average molecular weight is 465 g/mol. The molecule has 3 rings (SSSR count). The predicted molar refractivity (Wildman–Crippen MR) is 129 cm³/mol. The van der Waals surface area contributed by atoms with E-state index in [1.165, 1.54) is 0 Å². The number of aromatic nitrogens is 2. The molecule has 0 saturated carbocycles.